The van der Waals surface area contributed by atoms with E-state index in [1.165, 1.54) is 6.42 Å². The lowest BCUT2D eigenvalue weighted by Crippen LogP contribution is -2.50. The van der Waals surface area contributed by atoms with Gasteiger partial charge in [0.1, 0.15) is 0 Å². The molecule has 0 aromatic heterocycles. The number of nitrogens with two attached hydrogens (primary N) is 1. The molecule has 1 heterocycles. The molecule has 0 aromatic carbocycles. The third kappa shape index (κ3) is 2.34. The van der Waals surface area contributed by atoms with E-state index < -0.39 is 0 Å². The quantitative estimate of drug-likeness (QED) is 0.646. The summed E-state index contributed by atoms with van der Waals surface area (Å²) in [4.78, 5) is 15.2. The van der Waals surface area contributed by atoms with E-state index in [9.17, 15) is 4.79 Å². The molecule has 0 spiro atoms. The molecular weight excluding hydrogens is 166 g/mol. The van der Waals surface area contributed by atoms with Gasteiger partial charge in [0.15, 0.2) is 0 Å². The van der Waals surface area contributed by atoms with Gasteiger partial charge in [-0.25, -0.2) is 4.79 Å². The Hall–Kier alpha value is -0.770. The van der Waals surface area contributed by atoms with Gasteiger partial charge in [-0.05, 0) is 19.3 Å². The predicted molar refractivity (Wildman–Crippen MR) is 52.5 cm³/mol. The van der Waals surface area contributed by atoms with Gasteiger partial charge in [0.05, 0.1) is 0 Å². The van der Waals surface area contributed by atoms with E-state index in [1.54, 1.807) is 19.0 Å². The summed E-state index contributed by atoms with van der Waals surface area (Å²) in [7, 11) is 3.56. The zero-order valence-electron chi connectivity index (χ0n) is 8.49. The van der Waals surface area contributed by atoms with Gasteiger partial charge in [-0.15, -0.1) is 0 Å². The first-order valence-corrected chi connectivity index (χ1v) is 4.84. The van der Waals surface area contributed by atoms with Gasteiger partial charge >= 0.3 is 6.03 Å². The van der Waals surface area contributed by atoms with Crippen molar-refractivity contribution in [3.63, 3.8) is 0 Å². The predicted octanol–water partition coefficient (Wildman–Crippen LogP) is 0.481. The molecule has 4 nitrogen and oxygen atoms in total. The standard InChI is InChI=1S/C9H19N3O/c1-11(2)9(13)12-6-4-3-5-8(12)7-10/h8H,3-7,10H2,1-2H3. The molecule has 1 saturated heterocycles. The number of rotatable bonds is 1. The van der Waals surface area contributed by atoms with E-state index >= 15 is 0 Å². The fourth-order valence-corrected chi connectivity index (χ4v) is 1.75. The summed E-state index contributed by atoms with van der Waals surface area (Å²) in [5.74, 6) is 0. The lowest BCUT2D eigenvalue weighted by Gasteiger charge is -2.36. The number of carbonyl (C=O) groups is 1. The van der Waals surface area contributed by atoms with Crippen molar-refractivity contribution in [2.24, 2.45) is 5.73 Å². The van der Waals surface area contributed by atoms with Crippen LogP contribution in [0.2, 0.25) is 0 Å². The smallest absolute Gasteiger partial charge is 0.319 e. The number of urea groups is 1. The van der Waals surface area contributed by atoms with E-state index in [-0.39, 0.29) is 12.1 Å². The highest BCUT2D eigenvalue weighted by Gasteiger charge is 2.26. The summed E-state index contributed by atoms with van der Waals surface area (Å²) in [6.45, 7) is 1.44. The maximum Gasteiger partial charge on any atom is 0.319 e. The van der Waals surface area contributed by atoms with Gasteiger partial charge in [-0.1, -0.05) is 0 Å². The minimum Gasteiger partial charge on any atom is -0.331 e. The minimum absolute atomic E-state index is 0.0927. The highest BCUT2D eigenvalue weighted by molar-refractivity contribution is 5.74. The molecule has 1 atom stereocenters. The summed E-state index contributed by atoms with van der Waals surface area (Å²) in [6.07, 6.45) is 3.35. The molecule has 1 unspecified atom stereocenters. The monoisotopic (exact) mass is 185 g/mol. The average Bonchev–Trinajstić information content (AvgIpc) is 2.16. The van der Waals surface area contributed by atoms with Crippen LogP contribution in [-0.2, 0) is 0 Å². The maximum atomic E-state index is 11.7. The Morgan fingerprint density at radius 1 is 1.54 bits per heavy atom. The number of carbonyl (C=O) groups excluding carboxylic acids is 1. The van der Waals surface area contributed by atoms with Crippen molar-refractivity contribution in [3.8, 4) is 0 Å². The molecule has 0 aliphatic carbocycles. The Morgan fingerprint density at radius 3 is 2.77 bits per heavy atom. The first-order valence-electron chi connectivity index (χ1n) is 4.84. The Morgan fingerprint density at radius 2 is 2.23 bits per heavy atom. The van der Waals surface area contributed by atoms with Crippen LogP contribution in [0.1, 0.15) is 19.3 Å². The van der Waals surface area contributed by atoms with Gasteiger partial charge in [-0.3, -0.25) is 0 Å². The summed E-state index contributed by atoms with van der Waals surface area (Å²) in [5, 5.41) is 0. The number of amides is 2. The van der Waals surface area contributed by atoms with Crippen molar-refractivity contribution >= 4 is 6.03 Å². The molecule has 1 fully saturated rings. The van der Waals surface area contributed by atoms with Gasteiger partial charge in [0.25, 0.3) is 0 Å². The molecule has 0 bridgehead atoms. The Bertz CT molecular complexity index is 182. The summed E-state index contributed by atoms with van der Waals surface area (Å²) in [5.41, 5.74) is 5.62. The van der Waals surface area contributed by atoms with Crippen molar-refractivity contribution in [1.82, 2.24) is 9.80 Å². The van der Waals surface area contributed by atoms with Gasteiger partial charge in [-0.2, -0.15) is 0 Å². The van der Waals surface area contributed by atoms with Crippen molar-refractivity contribution < 1.29 is 4.79 Å². The van der Waals surface area contributed by atoms with E-state index in [0.717, 1.165) is 19.4 Å². The topological polar surface area (TPSA) is 49.6 Å². The lowest BCUT2D eigenvalue weighted by molar-refractivity contribution is 0.131. The number of likely N-dealkylation sites (tertiary alicyclic amines) is 1. The van der Waals surface area contributed by atoms with Crippen LogP contribution in [-0.4, -0.2) is 49.1 Å². The molecule has 1 aliphatic rings. The molecular formula is C9H19N3O. The third-order valence-corrected chi connectivity index (χ3v) is 2.53. The highest BCUT2D eigenvalue weighted by atomic mass is 16.2. The molecule has 1 aliphatic heterocycles. The fraction of sp³-hybridized carbons (Fsp3) is 0.889. The highest BCUT2D eigenvalue weighted by Crippen LogP contribution is 2.16. The van der Waals surface area contributed by atoms with E-state index in [1.807, 2.05) is 4.90 Å². The second kappa shape index (κ2) is 4.46. The van der Waals surface area contributed by atoms with E-state index in [4.69, 9.17) is 5.73 Å². The third-order valence-electron chi connectivity index (χ3n) is 2.53. The molecule has 0 radical (unpaired) electrons. The molecule has 0 aromatic rings. The van der Waals surface area contributed by atoms with Crippen LogP contribution in [0.15, 0.2) is 0 Å². The van der Waals surface area contributed by atoms with E-state index in [0.29, 0.717) is 6.54 Å². The number of piperidine rings is 1. The van der Waals surface area contributed by atoms with Crippen LogP contribution < -0.4 is 5.73 Å². The molecule has 2 N–H and O–H groups in total. The first-order chi connectivity index (χ1) is 6.16. The summed E-state index contributed by atoms with van der Waals surface area (Å²) in [6, 6.07) is 0.346. The molecule has 2 amide bonds. The second-order valence-corrected chi connectivity index (χ2v) is 3.76. The maximum absolute atomic E-state index is 11.7. The molecule has 1 rings (SSSR count). The van der Waals surface area contributed by atoms with Gasteiger partial charge in [0, 0.05) is 33.2 Å². The zero-order chi connectivity index (χ0) is 9.84. The van der Waals surface area contributed by atoms with Crippen LogP contribution >= 0.6 is 0 Å². The summed E-state index contributed by atoms with van der Waals surface area (Å²) < 4.78 is 0. The Labute approximate surface area is 79.7 Å². The fourth-order valence-electron chi connectivity index (χ4n) is 1.75. The number of nitrogens with zero attached hydrogens (tertiary/aromatic N) is 2. The second-order valence-electron chi connectivity index (χ2n) is 3.76. The number of hydrogen-bond acceptors (Lipinski definition) is 2. The first kappa shape index (κ1) is 10.3. The average molecular weight is 185 g/mol. The van der Waals surface area contributed by atoms with Crippen molar-refractivity contribution in [1.29, 1.82) is 0 Å². The minimum atomic E-state index is 0.0927. The van der Waals surface area contributed by atoms with Crippen LogP contribution in [0.3, 0.4) is 0 Å². The lowest BCUT2D eigenvalue weighted by atomic mass is 10.0. The molecule has 13 heavy (non-hydrogen) atoms. The molecule has 0 saturated carbocycles. The van der Waals surface area contributed by atoms with Gasteiger partial charge in [0.2, 0.25) is 0 Å². The Balaban J connectivity index is 2.58. The summed E-state index contributed by atoms with van der Waals surface area (Å²) >= 11 is 0. The van der Waals surface area contributed by atoms with Crippen LogP contribution in [0, 0.1) is 0 Å². The van der Waals surface area contributed by atoms with Crippen molar-refractivity contribution in [2.75, 3.05) is 27.2 Å². The van der Waals surface area contributed by atoms with Crippen LogP contribution in [0.5, 0.6) is 0 Å². The van der Waals surface area contributed by atoms with Crippen LogP contribution in [0.25, 0.3) is 0 Å². The van der Waals surface area contributed by atoms with Crippen molar-refractivity contribution in [2.45, 2.75) is 25.3 Å². The van der Waals surface area contributed by atoms with E-state index in [2.05, 4.69) is 0 Å². The molecule has 76 valence electrons. The van der Waals surface area contributed by atoms with Gasteiger partial charge < -0.3 is 15.5 Å². The Kier molecular flexibility index (Phi) is 3.54. The SMILES string of the molecule is CN(C)C(=O)N1CCCCC1CN. The molecule has 4 heteroatoms. The zero-order valence-corrected chi connectivity index (χ0v) is 8.49. The normalized spacial score (nSPS) is 23.0. The largest absolute Gasteiger partial charge is 0.331 e. The number of hydrogen-bond donors (Lipinski definition) is 1. The van der Waals surface area contributed by atoms with Crippen molar-refractivity contribution in [3.05, 3.63) is 0 Å². The van der Waals surface area contributed by atoms with Crippen LogP contribution in [0.4, 0.5) is 4.79 Å².